The third kappa shape index (κ3) is 4.86. The van der Waals surface area contributed by atoms with Gasteiger partial charge in [0, 0.05) is 13.6 Å². The summed E-state index contributed by atoms with van der Waals surface area (Å²) in [6.07, 6.45) is 0.476. The zero-order valence-electron chi connectivity index (χ0n) is 18.2. The molecule has 2 aromatic carbocycles. The first kappa shape index (κ1) is 23.6. The number of aromatic nitrogens is 2. The molecule has 9 nitrogen and oxygen atoms in total. The Kier molecular flexibility index (Phi) is 6.51. The maximum absolute atomic E-state index is 13.0. The fourth-order valence-electron chi connectivity index (χ4n) is 3.55. The van der Waals surface area contributed by atoms with E-state index in [9.17, 15) is 22.8 Å². The van der Waals surface area contributed by atoms with Crippen molar-refractivity contribution < 1.29 is 13.2 Å². The van der Waals surface area contributed by atoms with Gasteiger partial charge in [-0.25, -0.2) is 18.4 Å². The minimum absolute atomic E-state index is 0.0223. The number of hydrogen-bond acceptors (Lipinski definition) is 6. The van der Waals surface area contributed by atoms with Gasteiger partial charge in [0.15, 0.2) is 0 Å². The van der Waals surface area contributed by atoms with E-state index >= 15 is 0 Å². The number of hydrogen-bond donors (Lipinski definition) is 2. The molecule has 0 aliphatic heterocycles. The van der Waals surface area contributed by atoms with Gasteiger partial charge < -0.3 is 5.32 Å². The number of amides is 1. The first-order valence-electron chi connectivity index (χ1n) is 10.3. The van der Waals surface area contributed by atoms with Crippen LogP contribution in [0.15, 0.2) is 75.1 Å². The van der Waals surface area contributed by atoms with Crippen molar-refractivity contribution in [2.75, 3.05) is 6.54 Å². The molecule has 0 radical (unpaired) electrons. The summed E-state index contributed by atoms with van der Waals surface area (Å²) < 4.78 is 25.2. The minimum Gasteiger partial charge on any atom is -0.351 e. The highest BCUT2D eigenvalue weighted by atomic mass is 32.2. The Labute approximate surface area is 199 Å². The first-order chi connectivity index (χ1) is 16.1. The van der Waals surface area contributed by atoms with E-state index in [0.29, 0.717) is 28.1 Å². The normalized spacial score (nSPS) is 11.6. The van der Waals surface area contributed by atoms with Gasteiger partial charge in [-0.2, -0.15) is 0 Å². The molecule has 34 heavy (non-hydrogen) atoms. The Bertz CT molecular complexity index is 1580. The lowest BCUT2D eigenvalue weighted by Gasteiger charge is -2.08. The van der Waals surface area contributed by atoms with E-state index in [1.807, 2.05) is 30.3 Å². The standard InChI is InChI=1S/C23H22N4O5S2/c1-26-22-18(21(29)27(23(26)30)14-16-5-3-2-4-6-16)13-19(33-22)20(28)25-12-11-15-7-9-17(10-8-15)34(24,31)32/h2-10,13H,11-12,14H2,1H3,(H,25,28)(H2,24,31,32). The van der Waals surface area contributed by atoms with Crippen molar-refractivity contribution in [3.63, 3.8) is 0 Å². The average molecular weight is 499 g/mol. The molecular formula is C23H22N4O5S2. The summed E-state index contributed by atoms with van der Waals surface area (Å²) in [7, 11) is -2.18. The van der Waals surface area contributed by atoms with Gasteiger partial charge in [-0.05, 0) is 35.7 Å². The van der Waals surface area contributed by atoms with Crippen LogP contribution in [0.25, 0.3) is 10.2 Å². The van der Waals surface area contributed by atoms with E-state index in [1.54, 1.807) is 19.2 Å². The van der Waals surface area contributed by atoms with Crippen LogP contribution in [-0.4, -0.2) is 30.0 Å². The highest BCUT2D eigenvalue weighted by Crippen LogP contribution is 2.21. The van der Waals surface area contributed by atoms with Crippen LogP contribution in [0, 0.1) is 0 Å². The van der Waals surface area contributed by atoms with E-state index in [2.05, 4.69) is 5.32 Å². The molecule has 1 amide bonds. The van der Waals surface area contributed by atoms with E-state index in [0.717, 1.165) is 27.0 Å². The summed E-state index contributed by atoms with van der Waals surface area (Å²) >= 11 is 1.08. The van der Waals surface area contributed by atoms with Gasteiger partial charge in [0.25, 0.3) is 11.5 Å². The molecule has 2 heterocycles. The van der Waals surface area contributed by atoms with E-state index in [4.69, 9.17) is 5.14 Å². The molecule has 0 unspecified atom stereocenters. The molecular weight excluding hydrogens is 476 g/mol. The predicted molar refractivity (Wildman–Crippen MR) is 131 cm³/mol. The number of carbonyl (C=O) groups excluding carboxylic acids is 1. The smallest absolute Gasteiger partial charge is 0.332 e. The van der Waals surface area contributed by atoms with Crippen molar-refractivity contribution >= 4 is 37.5 Å². The lowest BCUT2D eigenvalue weighted by atomic mass is 10.1. The lowest BCUT2D eigenvalue weighted by Crippen LogP contribution is -2.38. The molecule has 0 spiro atoms. The van der Waals surface area contributed by atoms with Crippen LogP contribution in [0.3, 0.4) is 0 Å². The molecule has 176 valence electrons. The van der Waals surface area contributed by atoms with Crippen LogP contribution in [0.1, 0.15) is 20.8 Å². The van der Waals surface area contributed by atoms with E-state index < -0.39 is 21.3 Å². The van der Waals surface area contributed by atoms with Crippen LogP contribution in [0.5, 0.6) is 0 Å². The van der Waals surface area contributed by atoms with Gasteiger partial charge in [-0.1, -0.05) is 42.5 Å². The quantitative estimate of drug-likeness (QED) is 0.398. The van der Waals surface area contributed by atoms with Crippen molar-refractivity contribution in [3.05, 3.63) is 97.5 Å². The predicted octanol–water partition coefficient (Wildman–Crippen LogP) is 1.43. The molecule has 0 atom stereocenters. The van der Waals surface area contributed by atoms with E-state index in [1.165, 1.54) is 22.8 Å². The number of nitrogens with one attached hydrogen (secondary N) is 1. The second kappa shape index (κ2) is 9.37. The fourth-order valence-corrected chi connectivity index (χ4v) is 5.09. The SMILES string of the molecule is Cn1c(=O)n(Cc2ccccc2)c(=O)c2cc(C(=O)NCCc3ccc(S(N)(=O)=O)cc3)sc21. The van der Waals surface area contributed by atoms with Crippen molar-refractivity contribution in [2.24, 2.45) is 12.2 Å². The number of aryl methyl sites for hydroxylation is 1. The molecule has 0 fully saturated rings. The molecule has 0 bridgehead atoms. The van der Waals surface area contributed by atoms with Crippen molar-refractivity contribution in [2.45, 2.75) is 17.9 Å². The lowest BCUT2D eigenvalue weighted by molar-refractivity contribution is 0.0958. The molecule has 0 saturated heterocycles. The van der Waals surface area contributed by atoms with Crippen molar-refractivity contribution in [3.8, 4) is 0 Å². The Balaban J connectivity index is 1.51. The maximum Gasteiger partial charge on any atom is 0.332 e. The number of nitrogens with two attached hydrogens (primary N) is 1. The monoisotopic (exact) mass is 498 g/mol. The number of primary sulfonamides is 1. The molecule has 0 aliphatic rings. The number of rotatable bonds is 7. The highest BCUT2D eigenvalue weighted by Gasteiger charge is 2.18. The third-order valence-corrected chi connectivity index (χ3v) is 7.51. The summed E-state index contributed by atoms with van der Waals surface area (Å²) in [5.41, 5.74) is 0.770. The summed E-state index contributed by atoms with van der Waals surface area (Å²) in [6, 6.07) is 16.8. The molecule has 0 aliphatic carbocycles. The van der Waals surface area contributed by atoms with Gasteiger partial charge in [-0.3, -0.25) is 18.7 Å². The molecule has 4 aromatic rings. The van der Waals surface area contributed by atoms with E-state index in [-0.39, 0.29) is 17.3 Å². The van der Waals surface area contributed by atoms with Crippen LogP contribution in [-0.2, 0) is 30.0 Å². The summed E-state index contributed by atoms with van der Waals surface area (Å²) in [6.45, 7) is 0.447. The second-order valence-electron chi connectivity index (χ2n) is 7.74. The minimum atomic E-state index is -3.75. The maximum atomic E-state index is 13.0. The highest BCUT2D eigenvalue weighted by molar-refractivity contribution is 7.89. The average Bonchev–Trinajstić information content (AvgIpc) is 3.27. The molecule has 2 aromatic heterocycles. The van der Waals surface area contributed by atoms with Crippen LogP contribution < -0.4 is 21.7 Å². The van der Waals surface area contributed by atoms with Gasteiger partial charge in [-0.15, -0.1) is 11.3 Å². The molecule has 11 heteroatoms. The van der Waals surface area contributed by atoms with Crippen LogP contribution >= 0.6 is 11.3 Å². The largest absolute Gasteiger partial charge is 0.351 e. The number of fused-ring (bicyclic) bond motifs is 1. The van der Waals surface area contributed by atoms with Gasteiger partial charge >= 0.3 is 5.69 Å². The van der Waals surface area contributed by atoms with Crippen LogP contribution in [0.2, 0.25) is 0 Å². The van der Waals surface area contributed by atoms with Gasteiger partial charge in [0.1, 0.15) is 4.83 Å². The fraction of sp³-hybridized carbons (Fsp3) is 0.174. The zero-order chi connectivity index (χ0) is 24.5. The summed E-state index contributed by atoms with van der Waals surface area (Å²) in [5, 5.41) is 8.20. The number of nitrogens with zero attached hydrogens (tertiary/aromatic N) is 2. The summed E-state index contributed by atoms with van der Waals surface area (Å²) in [4.78, 5) is 39.3. The molecule has 3 N–H and O–H groups in total. The molecule has 4 rings (SSSR count). The number of thiophene rings is 1. The van der Waals surface area contributed by atoms with Gasteiger partial charge in [0.2, 0.25) is 10.0 Å². The number of sulfonamides is 1. The second-order valence-corrected chi connectivity index (χ2v) is 10.3. The zero-order valence-corrected chi connectivity index (χ0v) is 19.9. The Morgan fingerprint density at radius 1 is 1.03 bits per heavy atom. The Morgan fingerprint density at radius 2 is 1.71 bits per heavy atom. The number of carbonyl (C=O) groups is 1. The van der Waals surface area contributed by atoms with Crippen LogP contribution in [0.4, 0.5) is 0 Å². The first-order valence-corrected chi connectivity index (χ1v) is 12.7. The topological polar surface area (TPSA) is 133 Å². The third-order valence-electron chi connectivity index (χ3n) is 5.37. The van der Waals surface area contributed by atoms with Crippen molar-refractivity contribution in [1.82, 2.24) is 14.5 Å². The molecule has 0 saturated carbocycles. The van der Waals surface area contributed by atoms with Gasteiger partial charge in [0.05, 0.1) is 21.7 Å². The number of benzene rings is 2. The Hall–Kier alpha value is -3.54. The Morgan fingerprint density at radius 3 is 2.35 bits per heavy atom. The summed E-state index contributed by atoms with van der Waals surface area (Å²) in [5.74, 6) is -0.358. The van der Waals surface area contributed by atoms with Crippen molar-refractivity contribution in [1.29, 1.82) is 0 Å².